The van der Waals surface area contributed by atoms with Crippen LogP contribution in [-0.2, 0) is 10.0 Å². The maximum absolute atomic E-state index is 12.9. The maximum Gasteiger partial charge on any atom is 0.245 e. The van der Waals surface area contributed by atoms with Gasteiger partial charge in [0.2, 0.25) is 10.0 Å². The summed E-state index contributed by atoms with van der Waals surface area (Å²) in [6, 6.07) is 9.56. The van der Waals surface area contributed by atoms with Gasteiger partial charge in [0.15, 0.2) is 0 Å². The Labute approximate surface area is 118 Å². The molecular formula is C15H16N2O2S. The van der Waals surface area contributed by atoms with E-state index in [4.69, 9.17) is 0 Å². The summed E-state index contributed by atoms with van der Waals surface area (Å²) in [4.78, 5) is 4.62. The lowest BCUT2D eigenvalue weighted by Crippen LogP contribution is -2.16. The molecule has 0 amide bonds. The third-order valence-corrected chi connectivity index (χ3v) is 6.39. The molecule has 0 spiro atoms. The molecule has 4 rings (SSSR count). The van der Waals surface area contributed by atoms with Crippen molar-refractivity contribution in [2.24, 2.45) is 0 Å². The van der Waals surface area contributed by atoms with E-state index >= 15 is 0 Å². The number of hydrogen-bond acceptors (Lipinski definition) is 3. The van der Waals surface area contributed by atoms with E-state index in [0.717, 1.165) is 31.1 Å². The Hall–Kier alpha value is -1.46. The van der Waals surface area contributed by atoms with Crippen LogP contribution in [0.2, 0.25) is 0 Å². The summed E-state index contributed by atoms with van der Waals surface area (Å²) in [7, 11) is -3.40. The van der Waals surface area contributed by atoms with Gasteiger partial charge in [-0.15, -0.1) is 0 Å². The van der Waals surface area contributed by atoms with Crippen molar-refractivity contribution in [3.63, 3.8) is 0 Å². The van der Waals surface area contributed by atoms with E-state index in [9.17, 15) is 8.42 Å². The topological polar surface area (TPSA) is 50.0 Å². The van der Waals surface area contributed by atoms with Gasteiger partial charge < -0.3 is 0 Å². The number of benzene rings is 1. The lowest BCUT2D eigenvalue weighted by molar-refractivity contribution is 0.545. The fraction of sp³-hybridized carbons (Fsp3) is 0.400. The number of fused-ring (bicyclic) bond motifs is 2. The first-order valence-electron chi connectivity index (χ1n) is 7.07. The van der Waals surface area contributed by atoms with Crippen molar-refractivity contribution in [3.05, 3.63) is 36.5 Å². The Kier molecular flexibility index (Phi) is 2.62. The van der Waals surface area contributed by atoms with Crippen LogP contribution in [0.4, 0.5) is 0 Å². The second-order valence-corrected chi connectivity index (χ2v) is 7.40. The number of nitrogens with zero attached hydrogens (tertiary/aromatic N) is 2. The summed E-state index contributed by atoms with van der Waals surface area (Å²) < 4.78 is 27.4. The van der Waals surface area contributed by atoms with Crippen LogP contribution in [0.3, 0.4) is 0 Å². The highest BCUT2D eigenvalue weighted by atomic mass is 32.2. The Morgan fingerprint density at radius 2 is 1.75 bits per heavy atom. The van der Waals surface area contributed by atoms with E-state index in [1.165, 1.54) is 0 Å². The molecule has 1 saturated carbocycles. The van der Waals surface area contributed by atoms with Crippen LogP contribution in [0.15, 0.2) is 41.4 Å². The first kappa shape index (κ1) is 12.3. The van der Waals surface area contributed by atoms with Crippen molar-refractivity contribution in [3.8, 4) is 0 Å². The molecule has 0 bridgehead atoms. The molecule has 2 aromatic rings. The fourth-order valence-electron chi connectivity index (χ4n) is 3.41. The third-order valence-electron chi connectivity index (χ3n) is 4.41. The van der Waals surface area contributed by atoms with Crippen molar-refractivity contribution in [2.75, 3.05) is 0 Å². The first-order valence-corrected chi connectivity index (χ1v) is 8.51. The second-order valence-electron chi connectivity index (χ2n) is 5.59. The predicted octanol–water partition coefficient (Wildman–Crippen LogP) is 2.55. The largest absolute Gasteiger partial charge is 0.255 e. The molecule has 2 fully saturated rings. The van der Waals surface area contributed by atoms with Crippen LogP contribution in [0.1, 0.15) is 25.7 Å². The Morgan fingerprint density at radius 3 is 2.50 bits per heavy atom. The molecule has 2 aliphatic rings. The minimum atomic E-state index is -3.40. The summed E-state index contributed by atoms with van der Waals surface area (Å²) in [6.45, 7) is 0. The minimum absolute atomic E-state index is 0.229. The van der Waals surface area contributed by atoms with Crippen molar-refractivity contribution in [1.29, 1.82) is 0 Å². The van der Waals surface area contributed by atoms with Crippen LogP contribution < -0.4 is 0 Å². The molecular weight excluding hydrogens is 272 g/mol. The van der Waals surface area contributed by atoms with E-state index in [1.54, 1.807) is 22.6 Å². The average molecular weight is 288 g/mol. The molecule has 2 unspecified atom stereocenters. The summed E-state index contributed by atoms with van der Waals surface area (Å²) in [6.07, 6.45) is 5.93. The highest BCUT2D eigenvalue weighted by molar-refractivity contribution is 7.89. The molecule has 1 saturated heterocycles. The smallest absolute Gasteiger partial charge is 0.245 e. The molecule has 0 radical (unpaired) electrons. The van der Waals surface area contributed by atoms with Gasteiger partial charge in [-0.25, -0.2) is 8.42 Å². The van der Waals surface area contributed by atoms with Crippen LogP contribution in [-0.4, -0.2) is 29.8 Å². The zero-order valence-electron chi connectivity index (χ0n) is 11.1. The molecule has 0 N–H and O–H groups in total. The summed E-state index contributed by atoms with van der Waals surface area (Å²) in [5, 5.41) is 0.874. The zero-order chi connectivity index (χ0) is 13.7. The van der Waals surface area contributed by atoms with Crippen LogP contribution in [0.5, 0.6) is 0 Å². The molecule has 4 nitrogen and oxygen atoms in total. The Morgan fingerprint density at radius 1 is 1.05 bits per heavy atom. The molecule has 2 heterocycles. The lowest BCUT2D eigenvalue weighted by atomic mass is 10.0. The van der Waals surface area contributed by atoms with E-state index < -0.39 is 10.0 Å². The lowest BCUT2D eigenvalue weighted by Gasteiger charge is -2.08. The van der Waals surface area contributed by atoms with E-state index in [-0.39, 0.29) is 12.1 Å². The SMILES string of the molecule is O=S(=O)(c1cccc2cccnc12)N1C2CCCCC21. The quantitative estimate of drug-likeness (QED) is 0.798. The number of rotatable bonds is 2. The maximum atomic E-state index is 12.9. The predicted molar refractivity (Wildman–Crippen MR) is 76.8 cm³/mol. The Bertz CT molecular complexity index is 755. The van der Waals surface area contributed by atoms with Gasteiger partial charge in [0.1, 0.15) is 4.90 Å². The zero-order valence-corrected chi connectivity index (χ0v) is 11.9. The van der Waals surface area contributed by atoms with Crippen molar-refractivity contribution >= 4 is 20.9 Å². The Balaban J connectivity index is 1.83. The molecule has 1 aliphatic carbocycles. The van der Waals surface area contributed by atoms with Crippen molar-refractivity contribution < 1.29 is 8.42 Å². The number of hydrogen-bond donors (Lipinski definition) is 0. The average Bonchev–Trinajstić information content (AvgIpc) is 3.22. The molecule has 1 aromatic heterocycles. The number of sulfonamides is 1. The van der Waals surface area contributed by atoms with Gasteiger partial charge in [-0.05, 0) is 25.0 Å². The highest BCUT2D eigenvalue weighted by Gasteiger charge is 2.55. The van der Waals surface area contributed by atoms with E-state index in [0.29, 0.717) is 10.4 Å². The van der Waals surface area contributed by atoms with Crippen molar-refractivity contribution in [1.82, 2.24) is 9.29 Å². The first-order chi connectivity index (χ1) is 9.69. The standard InChI is InChI=1S/C15H16N2O2S/c18-20(19,17-12-7-1-2-8-13(12)17)14-9-3-5-11-6-4-10-16-15(11)14/h3-6,9-10,12-13H,1-2,7-8H2. The van der Waals surface area contributed by atoms with Gasteiger partial charge in [-0.2, -0.15) is 4.31 Å². The highest BCUT2D eigenvalue weighted by Crippen LogP contribution is 2.45. The normalized spacial score (nSPS) is 29.1. The van der Waals surface area contributed by atoms with Gasteiger partial charge >= 0.3 is 0 Å². The summed E-state index contributed by atoms with van der Waals surface area (Å²) >= 11 is 0. The van der Waals surface area contributed by atoms with Gasteiger partial charge in [0.25, 0.3) is 0 Å². The van der Waals surface area contributed by atoms with Crippen LogP contribution in [0, 0.1) is 0 Å². The molecule has 5 heteroatoms. The van der Waals surface area contributed by atoms with Gasteiger partial charge in [0.05, 0.1) is 5.52 Å². The van der Waals surface area contributed by atoms with Crippen LogP contribution >= 0.6 is 0 Å². The van der Waals surface area contributed by atoms with E-state index in [2.05, 4.69) is 4.98 Å². The van der Waals surface area contributed by atoms with Gasteiger partial charge in [-0.1, -0.05) is 31.0 Å². The molecule has 1 aliphatic heterocycles. The van der Waals surface area contributed by atoms with Crippen LogP contribution in [0.25, 0.3) is 10.9 Å². The molecule has 1 aromatic carbocycles. The molecule has 2 atom stereocenters. The number of para-hydroxylation sites is 1. The number of aromatic nitrogens is 1. The number of pyridine rings is 1. The monoisotopic (exact) mass is 288 g/mol. The minimum Gasteiger partial charge on any atom is -0.255 e. The fourth-order valence-corrected chi connectivity index (χ4v) is 5.45. The van der Waals surface area contributed by atoms with Gasteiger partial charge in [0, 0.05) is 23.7 Å². The molecule has 104 valence electrons. The van der Waals surface area contributed by atoms with E-state index in [1.807, 2.05) is 18.2 Å². The second kappa shape index (κ2) is 4.27. The summed E-state index contributed by atoms with van der Waals surface area (Å²) in [5.74, 6) is 0. The van der Waals surface area contributed by atoms with Gasteiger partial charge in [-0.3, -0.25) is 4.98 Å². The molecule has 20 heavy (non-hydrogen) atoms. The third kappa shape index (κ3) is 1.70. The summed E-state index contributed by atoms with van der Waals surface area (Å²) in [5.41, 5.74) is 0.582. The van der Waals surface area contributed by atoms with Crippen molar-refractivity contribution in [2.45, 2.75) is 42.7 Å².